The predicted octanol–water partition coefficient (Wildman–Crippen LogP) is 16.5. The number of H-pyrrole nitrogens is 2. The maximum absolute atomic E-state index is 5.62. The van der Waals surface area contributed by atoms with Crippen molar-refractivity contribution >= 4 is 69.0 Å². The molecule has 9 rings (SSSR count). The lowest BCUT2D eigenvalue weighted by molar-refractivity contribution is 0.568. The van der Waals surface area contributed by atoms with Crippen molar-refractivity contribution < 1.29 is 0 Å². The molecule has 328 valence electrons. The molecule has 6 heterocycles. The van der Waals surface area contributed by atoms with Crippen LogP contribution in [0.3, 0.4) is 0 Å². The van der Waals surface area contributed by atoms with Crippen LogP contribution in [-0.4, -0.2) is 24.9 Å². The third-order valence-electron chi connectivity index (χ3n) is 12.8. The Bertz CT molecular complexity index is 3080. The Morgan fingerprint density at radius 1 is 0.354 bits per heavy atom. The number of aromatic nitrogens is 5. The molecule has 2 aliphatic heterocycles. The summed E-state index contributed by atoms with van der Waals surface area (Å²) in [6.07, 6.45) is 12.5. The minimum absolute atomic E-state index is 0.0703. The van der Waals surface area contributed by atoms with E-state index in [1.165, 1.54) is 25.8 Å². The van der Waals surface area contributed by atoms with Gasteiger partial charge in [0.05, 0.1) is 22.8 Å². The molecule has 0 saturated carbocycles. The van der Waals surface area contributed by atoms with Crippen LogP contribution in [0.1, 0.15) is 128 Å². The van der Waals surface area contributed by atoms with Gasteiger partial charge >= 0.3 is 0 Å². The Kier molecular flexibility index (Phi) is 11.1. The number of hydrogen-bond acceptors (Lipinski definition) is 3. The van der Waals surface area contributed by atoms with E-state index >= 15 is 0 Å². The molecule has 0 radical (unpaired) electrons. The standard InChI is InChI=1S/C59H60IN5/c1-56(2,3)39-29-37(30-40(33-39)57(4,5)6)54-48-21-17-44(62-48)52(35-13-15-43(60)16-14-35)45-18-22-49(63-45)55(38-31-41(58(7,8)9)34-42(32-38)59(10,11)12)51-24-20-47(65-51)53(36-25-27-61-28-26-36)46-19-23-50(54)64-46/h13-34,62,65H,1-12H3. The first-order valence-corrected chi connectivity index (χ1v) is 23.9. The summed E-state index contributed by atoms with van der Waals surface area (Å²) in [5, 5.41) is 0. The average molecular weight is 966 g/mol. The van der Waals surface area contributed by atoms with Gasteiger partial charge in [0.2, 0.25) is 0 Å². The van der Waals surface area contributed by atoms with Crippen molar-refractivity contribution in [2.75, 3.05) is 0 Å². The summed E-state index contributed by atoms with van der Waals surface area (Å²) in [6, 6.07) is 36.0. The number of aromatic amines is 2. The number of hydrogen-bond donors (Lipinski definition) is 2. The van der Waals surface area contributed by atoms with Gasteiger partial charge in [-0.3, -0.25) is 4.98 Å². The first-order valence-electron chi connectivity index (χ1n) is 22.8. The van der Waals surface area contributed by atoms with Gasteiger partial charge in [0.1, 0.15) is 0 Å². The highest BCUT2D eigenvalue weighted by atomic mass is 127. The molecule has 65 heavy (non-hydrogen) atoms. The number of fused-ring (bicyclic) bond motifs is 8. The van der Waals surface area contributed by atoms with E-state index in [0.717, 1.165) is 89.4 Å². The molecule has 8 bridgehead atoms. The number of pyridine rings is 1. The molecule has 3 aromatic carbocycles. The zero-order valence-corrected chi connectivity index (χ0v) is 42.1. The lowest BCUT2D eigenvalue weighted by atomic mass is 9.78. The minimum atomic E-state index is -0.0703. The molecule has 0 fully saturated rings. The van der Waals surface area contributed by atoms with Crippen molar-refractivity contribution in [3.8, 4) is 44.5 Å². The molecule has 0 unspecified atom stereocenters. The Morgan fingerprint density at radius 2 is 0.646 bits per heavy atom. The first-order chi connectivity index (χ1) is 30.6. The number of nitrogens with one attached hydrogen (secondary N) is 2. The van der Waals surface area contributed by atoms with Crippen LogP contribution in [-0.2, 0) is 21.7 Å². The van der Waals surface area contributed by atoms with Crippen LogP contribution in [0.2, 0.25) is 0 Å². The third kappa shape index (κ3) is 8.82. The van der Waals surface area contributed by atoms with Gasteiger partial charge in [-0.05, 0) is 162 Å². The summed E-state index contributed by atoms with van der Waals surface area (Å²) in [4.78, 5) is 23.6. The van der Waals surface area contributed by atoms with Crippen LogP contribution in [0.5, 0.6) is 0 Å². The normalized spacial score (nSPS) is 13.2. The molecular weight excluding hydrogens is 906 g/mol. The van der Waals surface area contributed by atoms with Crippen molar-refractivity contribution in [3.05, 3.63) is 158 Å². The van der Waals surface area contributed by atoms with Gasteiger partial charge in [0, 0.05) is 60.3 Å². The van der Waals surface area contributed by atoms with Gasteiger partial charge in [-0.2, -0.15) is 0 Å². The summed E-state index contributed by atoms with van der Waals surface area (Å²) >= 11 is 2.39. The van der Waals surface area contributed by atoms with Crippen molar-refractivity contribution in [2.24, 2.45) is 0 Å². The van der Waals surface area contributed by atoms with Gasteiger partial charge in [-0.25, -0.2) is 9.97 Å². The van der Waals surface area contributed by atoms with Crippen molar-refractivity contribution in [1.29, 1.82) is 0 Å². The van der Waals surface area contributed by atoms with E-state index in [1.54, 1.807) is 0 Å². The van der Waals surface area contributed by atoms with Crippen molar-refractivity contribution in [1.82, 2.24) is 24.9 Å². The first kappa shape index (κ1) is 44.3. The number of rotatable bonds is 4. The van der Waals surface area contributed by atoms with Crippen LogP contribution < -0.4 is 0 Å². The van der Waals surface area contributed by atoms with Crippen LogP contribution in [0.25, 0.3) is 90.9 Å². The quantitative estimate of drug-likeness (QED) is 0.173. The monoisotopic (exact) mass is 965 g/mol. The molecule has 0 atom stereocenters. The second kappa shape index (κ2) is 16.2. The average Bonchev–Trinajstić information content (AvgIpc) is 4.09. The zero-order chi connectivity index (χ0) is 46.2. The van der Waals surface area contributed by atoms with E-state index in [0.29, 0.717) is 0 Å². The van der Waals surface area contributed by atoms with E-state index in [-0.39, 0.29) is 21.7 Å². The number of halogens is 1. The fourth-order valence-electron chi connectivity index (χ4n) is 8.83. The summed E-state index contributed by atoms with van der Waals surface area (Å²) in [7, 11) is 0. The highest BCUT2D eigenvalue weighted by Crippen LogP contribution is 2.42. The van der Waals surface area contributed by atoms with Gasteiger partial charge in [-0.1, -0.05) is 132 Å². The lowest BCUT2D eigenvalue weighted by Crippen LogP contribution is -2.16. The second-order valence-electron chi connectivity index (χ2n) is 21.8. The predicted molar refractivity (Wildman–Crippen MR) is 286 cm³/mol. The lowest BCUT2D eigenvalue weighted by Gasteiger charge is -2.26. The molecule has 0 spiro atoms. The zero-order valence-electron chi connectivity index (χ0n) is 39.9. The van der Waals surface area contributed by atoms with E-state index in [2.05, 4.69) is 242 Å². The SMILES string of the molecule is CC(C)(C)c1cc(-c2c3nc(c(-c4ccc(I)cc4)c4ccc([nH]4)c(-c4cc(C(C)(C)C)cc(C(C)(C)C)c4)c4nc(c(-c5ccncc5)c5ccc2[nH]5)C=C4)C=C3)cc(C(C)(C)C)c1. The van der Waals surface area contributed by atoms with E-state index < -0.39 is 0 Å². The summed E-state index contributed by atoms with van der Waals surface area (Å²) < 4.78 is 1.18. The molecule has 7 aromatic rings. The highest BCUT2D eigenvalue weighted by Gasteiger charge is 2.26. The molecule has 4 aromatic heterocycles. The molecular formula is C59H60IN5. The second-order valence-corrected chi connectivity index (χ2v) is 23.1. The van der Waals surface area contributed by atoms with Gasteiger partial charge < -0.3 is 9.97 Å². The maximum atomic E-state index is 5.62. The van der Waals surface area contributed by atoms with Crippen LogP contribution in [0.15, 0.2) is 109 Å². The van der Waals surface area contributed by atoms with Crippen LogP contribution >= 0.6 is 22.6 Å². The molecule has 0 amide bonds. The van der Waals surface area contributed by atoms with E-state index in [4.69, 9.17) is 9.97 Å². The Hall–Kier alpha value is -5.86. The van der Waals surface area contributed by atoms with Gasteiger partial charge in [0.25, 0.3) is 0 Å². The molecule has 2 N–H and O–H groups in total. The summed E-state index contributed by atoms with van der Waals surface area (Å²) in [5.41, 5.74) is 20.9. The van der Waals surface area contributed by atoms with E-state index in [1.807, 2.05) is 12.4 Å². The largest absolute Gasteiger partial charge is 0.354 e. The molecule has 0 saturated heterocycles. The van der Waals surface area contributed by atoms with Gasteiger partial charge in [0.15, 0.2) is 0 Å². The van der Waals surface area contributed by atoms with E-state index in [9.17, 15) is 0 Å². The van der Waals surface area contributed by atoms with Gasteiger partial charge in [-0.15, -0.1) is 0 Å². The van der Waals surface area contributed by atoms with Crippen molar-refractivity contribution in [2.45, 2.75) is 105 Å². The fraction of sp³-hybridized carbons (Fsp3) is 0.271. The fourth-order valence-corrected chi connectivity index (χ4v) is 9.19. The maximum Gasteiger partial charge on any atom is 0.0737 e. The summed E-state index contributed by atoms with van der Waals surface area (Å²) in [5.74, 6) is 0. The Balaban J connectivity index is 1.49. The third-order valence-corrected chi connectivity index (χ3v) is 13.5. The molecule has 5 nitrogen and oxygen atoms in total. The molecule has 2 aliphatic rings. The Labute approximate surface area is 398 Å². The Morgan fingerprint density at radius 3 is 0.954 bits per heavy atom. The van der Waals surface area contributed by atoms with Crippen molar-refractivity contribution in [3.63, 3.8) is 0 Å². The smallest absolute Gasteiger partial charge is 0.0737 e. The molecule has 6 heteroatoms. The number of nitrogens with zero attached hydrogens (tertiary/aromatic N) is 3. The molecule has 0 aliphatic carbocycles. The van der Waals surface area contributed by atoms with Crippen LogP contribution in [0.4, 0.5) is 0 Å². The minimum Gasteiger partial charge on any atom is -0.354 e. The topological polar surface area (TPSA) is 70.2 Å². The van der Waals surface area contributed by atoms with Crippen LogP contribution in [0, 0.1) is 3.57 Å². The summed E-state index contributed by atoms with van der Waals surface area (Å²) in [6.45, 7) is 27.6. The highest BCUT2D eigenvalue weighted by molar-refractivity contribution is 14.1. The number of benzene rings is 3.